The lowest BCUT2D eigenvalue weighted by Gasteiger charge is -2.43. The van der Waals surface area contributed by atoms with Crippen molar-refractivity contribution in [3.8, 4) is 0 Å². The van der Waals surface area contributed by atoms with E-state index in [9.17, 15) is 4.55 Å². The van der Waals surface area contributed by atoms with Crippen LogP contribution in [0.3, 0.4) is 0 Å². The Morgan fingerprint density at radius 1 is 1.26 bits per heavy atom. The van der Waals surface area contributed by atoms with Crippen molar-refractivity contribution in [1.29, 1.82) is 0 Å². The SMILES string of the molecule is CC(C)(C)[S+]([O-])N[C@@H]1c2scnc2CC12CCN(c1cnc3c(I)nn(COCC[Si](C)(C)C)c3n1)CC2. The van der Waals surface area contributed by atoms with Crippen LogP contribution in [0.1, 0.15) is 50.2 Å². The minimum atomic E-state index is -1.14. The first-order chi connectivity index (χ1) is 17.9. The number of ether oxygens (including phenoxy) is 1. The molecule has 0 amide bonds. The largest absolute Gasteiger partial charge is 0.598 e. The Morgan fingerprint density at radius 3 is 2.68 bits per heavy atom. The zero-order chi connectivity index (χ0) is 27.3. The minimum Gasteiger partial charge on any atom is -0.598 e. The fraction of sp³-hybridized carbons (Fsp3) is 0.680. The predicted molar refractivity (Wildman–Crippen MR) is 166 cm³/mol. The molecule has 1 N–H and O–H groups in total. The lowest BCUT2D eigenvalue weighted by molar-refractivity contribution is 0.0810. The first kappa shape index (κ1) is 28.7. The standard InChI is InChI=1S/C25H38IN7O2S2Si/c1-24(2,3)37(34)31-21-20-17(28-15-36-20)13-25(21)7-9-32(10-8-25)18-14-27-19-22(26)30-33(23(19)29-18)16-35-11-12-38(4,5)6/h14-15,21,31H,7-13,16H2,1-6H3/t21-,37?/m1/s1. The van der Waals surface area contributed by atoms with E-state index in [2.05, 4.69) is 61.9 Å². The monoisotopic (exact) mass is 687 g/mol. The molecule has 1 unspecified atom stereocenters. The number of anilines is 1. The molecule has 1 spiro atoms. The first-order valence-corrected chi connectivity index (χ1v) is 20.0. The van der Waals surface area contributed by atoms with E-state index in [4.69, 9.17) is 14.7 Å². The molecule has 1 fully saturated rings. The number of rotatable bonds is 8. The molecule has 3 aromatic rings. The lowest BCUT2D eigenvalue weighted by atomic mass is 9.74. The number of hydrogen-bond acceptors (Lipinski definition) is 9. The van der Waals surface area contributed by atoms with Gasteiger partial charge in [0.2, 0.25) is 0 Å². The van der Waals surface area contributed by atoms with Gasteiger partial charge in [-0.25, -0.2) is 19.6 Å². The van der Waals surface area contributed by atoms with Gasteiger partial charge >= 0.3 is 0 Å². The second kappa shape index (κ2) is 10.9. The maximum atomic E-state index is 13.1. The van der Waals surface area contributed by atoms with Crippen molar-refractivity contribution in [2.24, 2.45) is 5.41 Å². The summed E-state index contributed by atoms with van der Waals surface area (Å²) >= 11 is 2.77. The highest BCUT2D eigenvalue weighted by atomic mass is 127. The molecule has 1 aliphatic heterocycles. The van der Waals surface area contributed by atoms with Crippen LogP contribution in [0, 0.1) is 9.12 Å². The summed E-state index contributed by atoms with van der Waals surface area (Å²) in [5.41, 5.74) is 4.70. The van der Waals surface area contributed by atoms with Crippen LogP contribution in [0.15, 0.2) is 11.7 Å². The third-order valence-electron chi connectivity index (χ3n) is 7.53. The van der Waals surface area contributed by atoms with Gasteiger partial charge in [0.25, 0.3) is 0 Å². The molecule has 208 valence electrons. The van der Waals surface area contributed by atoms with Crippen LogP contribution < -0.4 is 9.62 Å². The Bertz CT molecular complexity index is 1280. The van der Waals surface area contributed by atoms with E-state index in [1.807, 2.05) is 37.2 Å². The van der Waals surface area contributed by atoms with Crippen molar-refractivity contribution in [3.63, 3.8) is 0 Å². The molecule has 9 nitrogen and oxygen atoms in total. The lowest BCUT2D eigenvalue weighted by Crippen LogP contribution is -2.49. The summed E-state index contributed by atoms with van der Waals surface area (Å²) in [6.07, 6.45) is 4.76. The molecule has 0 saturated carbocycles. The summed E-state index contributed by atoms with van der Waals surface area (Å²) in [4.78, 5) is 18.0. The smallest absolute Gasteiger partial charge is 0.182 e. The molecule has 2 atom stereocenters. The van der Waals surface area contributed by atoms with Gasteiger partial charge in [0.15, 0.2) is 9.35 Å². The molecule has 1 aliphatic carbocycles. The van der Waals surface area contributed by atoms with Crippen molar-refractivity contribution in [2.45, 2.75) is 83.2 Å². The first-order valence-electron chi connectivity index (χ1n) is 13.2. The topological polar surface area (TPSA) is 104 Å². The summed E-state index contributed by atoms with van der Waals surface area (Å²) in [6.45, 7) is 16.0. The molecule has 1 saturated heterocycles. The van der Waals surface area contributed by atoms with Crippen molar-refractivity contribution >= 4 is 70.3 Å². The van der Waals surface area contributed by atoms with Gasteiger partial charge in [-0.05, 0) is 68.7 Å². The molecule has 38 heavy (non-hydrogen) atoms. The van der Waals surface area contributed by atoms with Gasteiger partial charge in [0.1, 0.15) is 22.8 Å². The number of nitrogens with one attached hydrogen (secondary N) is 1. The number of halogens is 1. The highest BCUT2D eigenvalue weighted by Crippen LogP contribution is 2.53. The predicted octanol–water partition coefficient (Wildman–Crippen LogP) is 5.14. The number of hydrogen-bond donors (Lipinski definition) is 1. The molecular weight excluding hydrogens is 649 g/mol. The van der Waals surface area contributed by atoms with Gasteiger partial charge in [-0.3, -0.25) is 0 Å². The van der Waals surface area contributed by atoms with Crippen molar-refractivity contribution in [2.75, 3.05) is 24.6 Å². The minimum absolute atomic E-state index is 0.0196. The van der Waals surface area contributed by atoms with Crippen LogP contribution in [0.25, 0.3) is 11.2 Å². The quantitative estimate of drug-likeness (QED) is 0.151. The summed E-state index contributed by atoms with van der Waals surface area (Å²) in [7, 11) is -1.14. The second-order valence-electron chi connectivity index (χ2n) is 12.7. The number of piperidine rings is 1. The number of thiazole rings is 1. The van der Waals surface area contributed by atoms with E-state index in [0.29, 0.717) is 6.73 Å². The fourth-order valence-electron chi connectivity index (χ4n) is 5.14. The maximum absolute atomic E-state index is 13.1. The Kier molecular flexibility index (Phi) is 8.19. The van der Waals surface area contributed by atoms with Gasteiger partial charge in [0.05, 0.1) is 23.4 Å². The van der Waals surface area contributed by atoms with Crippen LogP contribution in [0.5, 0.6) is 0 Å². The van der Waals surface area contributed by atoms with E-state index in [1.54, 1.807) is 11.3 Å². The molecule has 4 heterocycles. The number of aromatic nitrogens is 5. The molecule has 13 heteroatoms. The normalized spacial score (nSPS) is 20.4. The molecule has 0 aromatic carbocycles. The molecule has 5 rings (SSSR count). The van der Waals surface area contributed by atoms with E-state index >= 15 is 0 Å². The van der Waals surface area contributed by atoms with Crippen molar-refractivity contribution < 1.29 is 9.29 Å². The zero-order valence-electron chi connectivity index (χ0n) is 23.1. The molecular formula is C25H38IN7O2S2Si. The van der Waals surface area contributed by atoms with Gasteiger partial charge in [-0.15, -0.1) is 16.1 Å². The summed E-state index contributed by atoms with van der Waals surface area (Å²) < 4.78 is 25.0. The van der Waals surface area contributed by atoms with E-state index in [0.717, 1.165) is 65.7 Å². The Balaban J connectivity index is 1.30. The van der Waals surface area contributed by atoms with E-state index < -0.39 is 19.4 Å². The average Bonchev–Trinajstić information content (AvgIpc) is 3.49. The Hall–Kier alpha value is -0.843. The molecule has 2 aliphatic rings. The number of nitrogens with zero attached hydrogens (tertiary/aromatic N) is 6. The van der Waals surface area contributed by atoms with Crippen LogP contribution in [-0.2, 0) is 29.3 Å². The maximum Gasteiger partial charge on any atom is 0.182 e. The molecule has 0 bridgehead atoms. The third kappa shape index (κ3) is 5.93. The van der Waals surface area contributed by atoms with Crippen LogP contribution in [0.2, 0.25) is 25.7 Å². The third-order valence-corrected chi connectivity index (χ3v) is 12.5. The van der Waals surface area contributed by atoms with Gasteiger partial charge in [-0.1, -0.05) is 19.6 Å². The van der Waals surface area contributed by atoms with Crippen LogP contribution in [-0.4, -0.2) is 61.8 Å². The van der Waals surface area contributed by atoms with Crippen molar-refractivity contribution in [1.82, 2.24) is 29.5 Å². The average molecular weight is 688 g/mol. The van der Waals surface area contributed by atoms with Gasteiger partial charge in [0, 0.05) is 49.4 Å². The van der Waals surface area contributed by atoms with Gasteiger partial charge < -0.3 is 14.2 Å². The highest BCUT2D eigenvalue weighted by Gasteiger charge is 2.52. The van der Waals surface area contributed by atoms with E-state index in [1.165, 1.54) is 10.6 Å². The second-order valence-corrected chi connectivity index (χ2v) is 22.2. The van der Waals surface area contributed by atoms with Gasteiger partial charge in [-0.2, -0.15) is 5.10 Å². The molecule has 3 aromatic heterocycles. The summed E-state index contributed by atoms with van der Waals surface area (Å²) in [5, 5.41) is 4.65. The van der Waals surface area contributed by atoms with Crippen molar-refractivity contribution in [3.05, 3.63) is 26.0 Å². The molecule has 0 radical (unpaired) electrons. The number of fused-ring (bicyclic) bond motifs is 2. The Labute approximate surface area is 247 Å². The zero-order valence-corrected chi connectivity index (χ0v) is 27.9. The highest BCUT2D eigenvalue weighted by molar-refractivity contribution is 14.1. The fourth-order valence-corrected chi connectivity index (χ4v) is 8.54. The van der Waals surface area contributed by atoms with Crippen LogP contribution >= 0.6 is 33.9 Å². The van der Waals surface area contributed by atoms with Crippen LogP contribution in [0.4, 0.5) is 5.82 Å². The summed E-state index contributed by atoms with van der Waals surface area (Å²) in [5.74, 6) is 0.876. The van der Waals surface area contributed by atoms with E-state index in [-0.39, 0.29) is 16.2 Å². The Morgan fingerprint density at radius 2 is 2.00 bits per heavy atom. The summed E-state index contributed by atoms with van der Waals surface area (Å²) in [6, 6.07) is 1.19.